The molecule has 2 aromatic heterocycles. The van der Waals surface area contributed by atoms with Gasteiger partial charge in [-0.15, -0.1) is 0 Å². The molecule has 0 radical (unpaired) electrons. The Bertz CT molecular complexity index is 622. The molecule has 1 aliphatic rings. The molecule has 18 heavy (non-hydrogen) atoms. The summed E-state index contributed by atoms with van der Waals surface area (Å²) in [4.78, 5) is 18.7. The number of hydrogen-bond acceptors (Lipinski definition) is 4. The first kappa shape index (κ1) is 11.2. The van der Waals surface area contributed by atoms with E-state index in [-0.39, 0.29) is 5.56 Å². The summed E-state index contributed by atoms with van der Waals surface area (Å²) in [5, 5.41) is 3.38. The van der Waals surface area contributed by atoms with Crippen molar-refractivity contribution in [3.05, 3.63) is 40.8 Å². The number of rotatable bonds is 1. The molecule has 0 bridgehead atoms. The molecule has 5 nitrogen and oxygen atoms in total. The molecule has 1 aliphatic heterocycles. The van der Waals surface area contributed by atoms with Crippen LogP contribution in [0.1, 0.15) is 6.92 Å². The normalized spacial score (nSPS) is 20.3. The summed E-state index contributed by atoms with van der Waals surface area (Å²) in [5.74, 6) is 0.777. The third-order valence-electron chi connectivity index (χ3n) is 3.25. The quantitative estimate of drug-likeness (QED) is 0.793. The van der Waals surface area contributed by atoms with E-state index in [1.165, 1.54) is 0 Å². The zero-order valence-corrected chi connectivity index (χ0v) is 10.3. The summed E-state index contributed by atoms with van der Waals surface area (Å²) in [6.07, 6.45) is 1.74. The van der Waals surface area contributed by atoms with E-state index < -0.39 is 0 Å². The minimum Gasteiger partial charge on any atom is -0.354 e. The van der Waals surface area contributed by atoms with Gasteiger partial charge in [-0.2, -0.15) is 0 Å². The summed E-state index contributed by atoms with van der Waals surface area (Å²) in [6, 6.07) is 7.63. The van der Waals surface area contributed by atoms with Crippen LogP contribution in [-0.2, 0) is 0 Å². The maximum atomic E-state index is 12.0. The highest BCUT2D eigenvalue weighted by Gasteiger charge is 2.17. The lowest BCUT2D eigenvalue weighted by atomic mass is 10.2. The number of aromatic nitrogens is 2. The van der Waals surface area contributed by atoms with Crippen LogP contribution in [0.15, 0.2) is 35.3 Å². The molecule has 1 atom stereocenters. The predicted octanol–water partition coefficient (Wildman–Crippen LogP) is 0.493. The number of nitrogens with zero attached hydrogens (tertiary/aromatic N) is 3. The monoisotopic (exact) mass is 244 g/mol. The first-order valence-electron chi connectivity index (χ1n) is 6.21. The fourth-order valence-electron chi connectivity index (χ4n) is 2.34. The number of fused-ring (bicyclic) bond motifs is 1. The highest BCUT2D eigenvalue weighted by Crippen LogP contribution is 2.12. The SMILES string of the molecule is C[C@@H]1CN(c2cc(=O)n3ccccc3n2)CCN1. The van der Waals surface area contributed by atoms with Gasteiger partial charge >= 0.3 is 0 Å². The maximum Gasteiger partial charge on any atom is 0.259 e. The van der Waals surface area contributed by atoms with Gasteiger partial charge in [0, 0.05) is 37.9 Å². The van der Waals surface area contributed by atoms with Gasteiger partial charge in [0.05, 0.1) is 0 Å². The Morgan fingerprint density at radius 3 is 3.17 bits per heavy atom. The molecule has 3 rings (SSSR count). The molecule has 0 amide bonds. The minimum absolute atomic E-state index is 0.0261. The average Bonchev–Trinajstić information content (AvgIpc) is 2.39. The molecule has 0 aliphatic carbocycles. The van der Waals surface area contributed by atoms with Gasteiger partial charge in [-0.3, -0.25) is 9.20 Å². The van der Waals surface area contributed by atoms with E-state index in [1.807, 2.05) is 18.2 Å². The fraction of sp³-hybridized carbons (Fsp3) is 0.385. The second-order valence-corrected chi connectivity index (χ2v) is 4.68. The second-order valence-electron chi connectivity index (χ2n) is 4.68. The molecule has 3 heterocycles. The lowest BCUT2D eigenvalue weighted by molar-refractivity contribution is 0.482. The van der Waals surface area contributed by atoms with Crippen LogP contribution in [0.2, 0.25) is 0 Å². The van der Waals surface area contributed by atoms with Gasteiger partial charge in [0.2, 0.25) is 0 Å². The van der Waals surface area contributed by atoms with Crippen molar-refractivity contribution in [1.29, 1.82) is 0 Å². The highest BCUT2D eigenvalue weighted by atomic mass is 16.1. The number of nitrogens with one attached hydrogen (secondary N) is 1. The zero-order chi connectivity index (χ0) is 12.5. The summed E-state index contributed by atoms with van der Waals surface area (Å²) < 4.78 is 1.56. The lowest BCUT2D eigenvalue weighted by Gasteiger charge is -2.32. The molecule has 2 aromatic rings. The Balaban J connectivity index is 2.04. The van der Waals surface area contributed by atoms with Crippen molar-refractivity contribution in [2.75, 3.05) is 24.5 Å². The Morgan fingerprint density at radius 2 is 2.33 bits per heavy atom. The van der Waals surface area contributed by atoms with Gasteiger partial charge in [-0.1, -0.05) is 6.07 Å². The second kappa shape index (κ2) is 4.42. The number of anilines is 1. The van der Waals surface area contributed by atoms with E-state index in [1.54, 1.807) is 16.7 Å². The Hall–Kier alpha value is -1.88. The summed E-state index contributed by atoms with van der Waals surface area (Å²) in [7, 11) is 0. The van der Waals surface area contributed by atoms with E-state index >= 15 is 0 Å². The summed E-state index contributed by atoms with van der Waals surface area (Å²) in [6.45, 7) is 4.84. The Kier molecular flexibility index (Phi) is 2.76. The molecule has 0 saturated carbocycles. The molecule has 0 unspecified atom stereocenters. The van der Waals surface area contributed by atoms with Crippen LogP contribution < -0.4 is 15.8 Å². The average molecular weight is 244 g/mol. The van der Waals surface area contributed by atoms with Crippen LogP contribution >= 0.6 is 0 Å². The lowest BCUT2D eigenvalue weighted by Crippen LogP contribution is -2.49. The first-order chi connectivity index (χ1) is 8.74. The number of hydrogen-bond donors (Lipinski definition) is 1. The number of piperazine rings is 1. The molecule has 5 heteroatoms. The van der Waals surface area contributed by atoms with Gasteiger partial charge in [0.1, 0.15) is 11.5 Å². The summed E-state index contributed by atoms with van der Waals surface area (Å²) >= 11 is 0. The molecule has 94 valence electrons. The van der Waals surface area contributed by atoms with Crippen molar-refractivity contribution in [3.8, 4) is 0 Å². The van der Waals surface area contributed by atoms with Gasteiger partial charge < -0.3 is 10.2 Å². The van der Waals surface area contributed by atoms with Gasteiger partial charge in [0.25, 0.3) is 5.56 Å². The van der Waals surface area contributed by atoms with Crippen molar-refractivity contribution >= 4 is 11.5 Å². The van der Waals surface area contributed by atoms with Crippen LogP contribution in [0, 0.1) is 0 Å². The van der Waals surface area contributed by atoms with E-state index in [4.69, 9.17) is 0 Å². The first-order valence-corrected chi connectivity index (χ1v) is 6.21. The van der Waals surface area contributed by atoms with Gasteiger partial charge in [-0.25, -0.2) is 4.98 Å². The van der Waals surface area contributed by atoms with Crippen LogP contribution in [0.3, 0.4) is 0 Å². The molecule has 1 N–H and O–H groups in total. The van der Waals surface area contributed by atoms with Crippen molar-refractivity contribution in [2.45, 2.75) is 13.0 Å². The zero-order valence-electron chi connectivity index (χ0n) is 10.3. The molecule has 1 fully saturated rings. The van der Waals surface area contributed by atoms with Gasteiger partial charge in [0.15, 0.2) is 0 Å². The van der Waals surface area contributed by atoms with Crippen LogP contribution in [0.25, 0.3) is 5.65 Å². The van der Waals surface area contributed by atoms with Gasteiger partial charge in [-0.05, 0) is 19.1 Å². The maximum absolute atomic E-state index is 12.0. The Labute approximate surface area is 105 Å². The van der Waals surface area contributed by atoms with E-state index in [0.717, 1.165) is 25.5 Å². The van der Waals surface area contributed by atoms with E-state index in [9.17, 15) is 4.79 Å². The number of pyridine rings is 1. The van der Waals surface area contributed by atoms with E-state index in [0.29, 0.717) is 11.7 Å². The molecular weight excluding hydrogens is 228 g/mol. The van der Waals surface area contributed by atoms with Crippen LogP contribution in [0.5, 0.6) is 0 Å². The Morgan fingerprint density at radius 1 is 1.44 bits per heavy atom. The van der Waals surface area contributed by atoms with E-state index in [2.05, 4.69) is 22.1 Å². The highest BCUT2D eigenvalue weighted by molar-refractivity contribution is 5.48. The third-order valence-corrected chi connectivity index (χ3v) is 3.25. The standard InChI is InChI=1S/C13H16N4O/c1-10-9-16(7-5-14-10)12-8-13(18)17-6-3-2-4-11(17)15-12/h2-4,6,8,10,14H,5,7,9H2,1H3/t10-/m1/s1. The fourth-order valence-corrected chi connectivity index (χ4v) is 2.34. The van der Waals surface area contributed by atoms with Crippen molar-refractivity contribution < 1.29 is 0 Å². The topological polar surface area (TPSA) is 49.6 Å². The van der Waals surface area contributed by atoms with Crippen molar-refractivity contribution in [3.63, 3.8) is 0 Å². The smallest absolute Gasteiger partial charge is 0.259 e. The predicted molar refractivity (Wildman–Crippen MR) is 71.1 cm³/mol. The third kappa shape index (κ3) is 1.97. The minimum atomic E-state index is -0.0261. The van der Waals surface area contributed by atoms with Crippen molar-refractivity contribution in [2.24, 2.45) is 0 Å². The largest absolute Gasteiger partial charge is 0.354 e. The molecule has 0 aromatic carbocycles. The van der Waals surface area contributed by atoms with Crippen molar-refractivity contribution in [1.82, 2.24) is 14.7 Å². The van der Waals surface area contributed by atoms with Crippen LogP contribution in [-0.4, -0.2) is 35.1 Å². The summed E-state index contributed by atoms with van der Waals surface area (Å²) in [5.41, 5.74) is 0.674. The molecular formula is C13H16N4O. The molecule has 0 spiro atoms. The molecule has 1 saturated heterocycles. The van der Waals surface area contributed by atoms with Crippen LogP contribution in [0.4, 0.5) is 5.82 Å².